The van der Waals surface area contributed by atoms with Crippen LogP contribution in [0.15, 0.2) is 27.9 Å². The first kappa shape index (κ1) is 13.9. The van der Waals surface area contributed by atoms with Gasteiger partial charge in [0.05, 0.1) is 6.10 Å². The van der Waals surface area contributed by atoms with Gasteiger partial charge in [-0.1, -0.05) is 6.92 Å². The molecule has 1 aliphatic heterocycles. The van der Waals surface area contributed by atoms with Gasteiger partial charge in [-0.15, -0.1) is 0 Å². The van der Waals surface area contributed by atoms with Crippen molar-refractivity contribution in [3.63, 3.8) is 0 Å². The van der Waals surface area contributed by atoms with Crippen LogP contribution in [0.3, 0.4) is 0 Å². The molecular formula is C13H14FN3O4. The van der Waals surface area contributed by atoms with Crippen LogP contribution >= 0.6 is 0 Å². The Kier molecular flexibility index (Phi) is 3.34. The molecule has 2 aromatic heterocycles. The first-order chi connectivity index (χ1) is 10.0. The van der Waals surface area contributed by atoms with Crippen molar-refractivity contribution in [2.45, 2.75) is 38.0 Å². The van der Waals surface area contributed by atoms with Crippen molar-refractivity contribution in [2.75, 3.05) is 0 Å². The lowest BCUT2D eigenvalue weighted by Crippen LogP contribution is -2.33. The largest absolute Gasteiger partial charge is 0.387 e. The summed E-state index contributed by atoms with van der Waals surface area (Å²) in [6, 6.07) is 2.76. The van der Waals surface area contributed by atoms with E-state index < -0.39 is 30.3 Å². The van der Waals surface area contributed by atoms with Crippen molar-refractivity contribution >= 4 is 11.0 Å². The highest BCUT2D eigenvalue weighted by Crippen LogP contribution is 2.32. The number of ether oxygens (including phenoxy) is 1. The predicted octanol–water partition coefficient (Wildman–Crippen LogP) is 0.0912. The molecule has 2 aromatic rings. The molecule has 0 radical (unpaired) electrons. The Bertz CT molecular complexity index is 787. The number of nitrogens with one attached hydrogen (secondary N) is 1. The van der Waals surface area contributed by atoms with Crippen LogP contribution in [0.4, 0.5) is 4.39 Å². The molecule has 4 atom stereocenters. The fourth-order valence-corrected chi connectivity index (χ4v) is 2.48. The second kappa shape index (κ2) is 5.05. The lowest BCUT2D eigenvalue weighted by Gasteiger charge is -2.16. The SMILES string of the molecule is CCC1OC(n2cc3ccc(=O)[nH]c3nc2=O)C(F)C1O. The molecule has 0 aromatic carbocycles. The van der Waals surface area contributed by atoms with Crippen molar-refractivity contribution in [3.05, 3.63) is 39.2 Å². The maximum absolute atomic E-state index is 14.1. The minimum absolute atomic E-state index is 0.129. The third kappa shape index (κ3) is 2.26. The van der Waals surface area contributed by atoms with Gasteiger partial charge in [-0.05, 0) is 12.5 Å². The lowest BCUT2D eigenvalue weighted by molar-refractivity contribution is -0.0277. The normalized spacial score (nSPS) is 29.1. The van der Waals surface area contributed by atoms with Crippen LogP contribution in [-0.2, 0) is 4.74 Å². The number of hydrogen-bond donors (Lipinski definition) is 2. The van der Waals surface area contributed by atoms with Crippen LogP contribution in [0.25, 0.3) is 11.0 Å². The molecule has 8 heteroatoms. The van der Waals surface area contributed by atoms with Gasteiger partial charge in [0.25, 0.3) is 0 Å². The zero-order valence-electron chi connectivity index (χ0n) is 11.2. The maximum Gasteiger partial charge on any atom is 0.351 e. The standard InChI is InChI=1S/C13H14FN3O4/c1-2-7-10(19)9(14)12(21-7)17-5-6-3-4-8(18)15-11(6)16-13(17)20/h3-5,7,9-10,12,19H,2H2,1H3,(H,15,16,18,20). The molecule has 112 valence electrons. The highest BCUT2D eigenvalue weighted by Gasteiger charge is 2.44. The van der Waals surface area contributed by atoms with E-state index in [2.05, 4.69) is 9.97 Å². The lowest BCUT2D eigenvalue weighted by atomic mass is 10.1. The number of nitrogens with zero attached hydrogens (tertiary/aromatic N) is 2. The van der Waals surface area contributed by atoms with Gasteiger partial charge < -0.3 is 14.8 Å². The molecule has 0 spiro atoms. The van der Waals surface area contributed by atoms with Gasteiger partial charge in [0.2, 0.25) is 5.56 Å². The first-order valence-corrected chi connectivity index (χ1v) is 6.61. The molecule has 21 heavy (non-hydrogen) atoms. The van der Waals surface area contributed by atoms with Gasteiger partial charge in [0.1, 0.15) is 11.8 Å². The highest BCUT2D eigenvalue weighted by atomic mass is 19.1. The van der Waals surface area contributed by atoms with Gasteiger partial charge >= 0.3 is 5.69 Å². The average molecular weight is 295 g/mol. The van der Waals surface area contributed by atoms with Crippen molar-refractivity contribution in [3.8, 4) is 0 Å². The number of fused-ring (bicyclic) bond motifs is 1. The summed E-state index contributed by atoms with van der Waals surface area (Å²) < 4.78 is 20.5. The molecule has 4 unspecified atom stereocenters. The number of aromatic amines is 1. The smallest absolute Gasteiger partial charge is 0.351 e. The summed E-state index contributed by atoms with van der Waals surface area (Å²) in [6.45, 7) is 1.76. The number of halogens is 1. The average Bonchev–Trinajstić information content (AvgIpc) is 2.74. The van der Waals surface area contributed by atoms with Crippen molar-refractivity contribution in [1.82, 2.24) is 14.5 Å². The van der Waals surface area contributed by atoms with Crippen molar-refractivity contribution in [1.29, 1.82) is 0 Å². The molecule has 0 aliphatic carbocycles. The van der Waals surface area contributed by atoms with E-state index in [0.29, 0.717) is 11.8 Å². The Hall–Kier alpha value is -2.06. The van der Waals surface area contributed by atoms with Gasteiger partial charge in [-0.3, -0.25) is 9.36 Å². The monoisotopic (exact) mass is 295 g/mol. The summed E-state index contributed by atoms with van der Waals surface area (Å²) in [7, 11) is 0. The summed E-state index contributed by atoms with van der Waals surface area (Å²) >= 11 is 0. The molecule has 0 saturated carbocycles. The number of rotatable bonds is 2. The van der Waals surface area contributed by atoms with Crippen LogP contribution in [0, 0.1) is 0 Å². The number of H-pyrrole nitrogens is 1. The summed E-state index contributed by atoms with van der Waals surface area (Å²) in [5.41, 5.74) is -1.00. The van der Waals surface area contributed by atoms with E-state index in [4.69, 9.17) is 4.74 Å². The third-order valence-electron chi connectivity index (χ3n) is 3.61. The third-order valence-corrected chi connectivity index (χ3v) is 3.61. The molecular weight excluding hydrogens is 281 g/mol. The number of aliphatic hydroxyl groups excluding tert-OH is 1. The number of aliphatic hydroxyl groups is 1. The van der Waals surface area contributed by atoms with E-state index in [0.717, 1.165) is 4.57 Å². The molecule has 0 amide bonds. The van der Waals surface area contributed by atoms with Gasteiger partial charge in [-0.2, -0.15) is 4.98 Å². The van der Waals surface area contributed by atoms with E-state index >= 15 is 0 Å². The Morgan fingerprint density at radius 1 is 1.48 bits per heavy atom. The Morgan fingerprint density at radius 3 is 2.90 bits per heavy atom. The van der Waals surface area contributed by atoms with Crippen LogP contribution in [0.1, 0.15) is 19.6 Å². The molecule has 3 heterocycles. The molecule has 1 fully saturated rings. The van der Waals surface area contributed by atoms with Crippen LogP contribution in [-0.4, -0.2) is 38.0 Å². The highest BCUT2D eigenvalue weighted by molar-refractivity contribution is 5.72. The zero-order chi connectivity index (χ0) is 15.1. The molecule has 0 bridgehead atoms. The van der Waals surface area contributed by atoms with Gasteiger partial charge in [0.15, 0.2) is 12.4 Å². The minimum Gasteiger partial charge on any atom is -0.387 e. The number of pyridine rings is 1. The van der Waals surface area contributed by atoms with Crippen LogP contribution < -0.4 is 11.2 Å². The van der Waals surface area contributed by atoms with E-state index in [-0.39, 0.29) is 11.2 Å². The first-order valence-electron chi connectivity index (χ1n) is 6.61. The maximum atomic E-state index is 14.1. The Balaban J connectivity index is 2.09. The van der Waals surface area contributed by atoms with Gasteiger partial charge in [0, 0.05) is 17.6 Å². The number of alkyl halides is 1. The predicted molar refractivity (Wildman–Crippen MR) is 71.7 cm³/mol. The molecule has 3 rings (SSSR count). The summed E-state index contributed by atoms with van der Waals surface area (Å²) in [5.74, 6) is 0. The van der Waals surface area contributed by atoms with Crippen LogP contribution in [0.2, 0.25) is 0 Å². The van der Waals surface area contributed by atoms with E-state index in [1.54, 1.807) is 6.92 Å². The van der Waals surface area contributed by atoms with Crippen LogP contribution in [0.5, 0.6) is 0 Å². The van der Waals surface area contributed by atoms with E-state index in [1.165, 1.54) is 18.3 Å². The molecule has 7 nitrogen and oxygen atoms in total. The summed E-state index contributed by atoms with van der Waals surface area (Å²) in [6.07, 6.45) is -3.08. The quantitative estimate of drug-likeness (QED) is 0.818. The topological polar surface area (TPSA) is 97.2 Å². The second-order valence-electron chi connectivity index (χ2n) is 4.97. The molecule has 2 N–H and O–H groups in total. The number of hydrogen-bond acceptors (Lipinski definition) is 5. The fraction of sp³-hybridized carbons (Fsp3) is 0.462. The molecule has 1 saturated heterocycles. The molecule has 1 aliphatic rings. The van der Waals surface area contributed by atoms with Crippen molar-refractivity contribution < 1.29 is 14.2 Å². The van der Waals surface area contributed by atoms with E-state index in [9.17, 15) is 19.1 Å². The Morgan fingerprint density at radius 2 is 2.24 bits per heavy atom. The minimum atomic E-state index is -1.71. The summed E-state index contributed by atoms with van der Waals surface area (Å²) in [4.78, 5) is 29.3. The zero-order valence-corrected chi connectivity index (χ0v) is 11.2. The number of aromatic nitrogens is 3. The van der Waals surface area contributed by atoms with Gasteiger partial charge in [-0.25, -0.2) is 9.18 Å². The second-order valence-corrected chi connectivity index (χ2v) is 4.97. The fourth-order valence-electron chi connectivity index (χ4n) is 2.48. The van der Waals surface area contributed by atoms with E-state index in [1.807, 2.05) is 0 Å². The Labute approximate surface area is 118 Å². The van der Waals surface area contributed by atoms with Crippen molar-refractivity contribution in [2.24, 2.45) is 0 Å². The summed E-state index contributed by atoms with van der Waals surface area (Å²) in [5, 5.41) is 10.2.